The van der Waals surface area contributed by atoms with Crippen molar-refractivity contribution in [3.8, 4) is 0 Å². The van der Waals surface area contributed by atoms with E-state index in [0.717, 1.165) is 6.54 Å². The summed E-state index contributed by atoms with van der Waals surface area (Å²) in [6.07, 6.45) is 0.709. The number of benzene rings is 1. The molecule has 0 radical (unpaired) electrons. The molecule has 2 aromatic rings. The third kappa shape index (κ3) is 2.25. The van der Waals surface area contributed by atoms with Gasteiger partial charge >= 0.3 is 0 Å². The number of aromatic nitrogens is 2. The van der Waals surface area contributed by atoms with E-state index in [1.54, 1.807) is 5.51 Å². The minimum atomic E-state index is -0.205. The second-order valence-electron chi connectivity index (χ2n) is 4.14. The Morgan fingerprint density at radius 1 is 1.39 bits per heavy atom. The highest BCUT2D eigenvalue weighted by Gasteiger charge is 2.24. The lowest BCUT2D eigenvalue weighted by molar-refractivity contribution is -0.118. The molecule has 0 fully saturated rings. The normalized spacial score (nSPS) is 18.1. The first-order valence-electron chi connectivity index (χ1n) is 5.70. The standard InChI is InChI=1S/C12H12N4OS/c17-11(15-12-16-14-7-18-12)10-5-8-3-1-2-4-9(8)6-13-10/h1-4,7,10,13H,5-6H2,(H,15,16,17). The molecule has 0 bridgehead atoms. The van der Waals surface area contributed by atoms with Crippen molar-refractivity contribution in [2.75, 3.05) is 5.32 Å². The van der Waals surface area contributed by atoms with Crippen LogP contribution in [0, 0.1) is 0 Å². The van der Waals surface area contributed by atoms with Crippen LogP contribution in [0.5, 0.6) is 0 Å². The van der Waals surface area contributed by atoms with Gasteiger partial charge in [-0.3, -0.25) is 10.1 Å². The molecule has 2 heterocycles. The van der Waals surface area contributed by atoms with E-state index in [0.29, 0.717) is 11.6 Å². The van der Waals surface area contributed by atoms with Gasteiger partial charge < -0.3 is 5.32 Å². The summed E-state index contributed by atoms with van der Waals surface area (Å²) in [6.45, 7) is 0.727. The van der Waals surface area contributed by atoms with Gasteiger partial charge in [-0.2, -0.15) is 0 Å². The number of hydrogen-bond donors (Lipinski definition) is 2. The Hall–Kier alpha value is -1.79. The Morgan fingerprint density at radius 3 is 3.00 bits per heavy atom. The molecule has 1 aromatic carbocycles. The maximum Gasteiger partial charge on any atom is 0.243 e. The highest BCUT2D eigenvalue weighted by atomic mass is 32.1. The highest BCUT2D eigenvalue weighted by molar-refractivity contribution is 7.13. The van der Waals surface area contributed by atoms with Gasteiger partial charge in [-0.05, 0) is 17.5 Å². The topological polar surface area (TPSA) is 66.9 Å². The molecule has 0 spiro atoms. The molecule has 1 aliphatic rings. The first kappa shape index (κ1) is 11.3. The minimum absolute atomic E-state index is 0.0544. The van der Waals surface area contributed by atoms with Crippen molar-refractivity contribution in [2.24, 2.45) is 0 Å². The first-order valence-corrected chi connectivity index (χ1v) is 6.58. The van der Waals surface area contributed by atoms with Gasteiger partial charge in [0.1, 0.15) is 5.51 Å². The molecule has 1 aromatic heterocycles. The third-order valence-corrected chi connectivity index (χ3v) is 3.59. The van der Waals surface area contributed by atoms with Crippen LogP contribution in [0.25, 0.3) is 0 Å². The van der Waals surface area contributed by atoms with Gasteiger partial charge in [0.05, 0.1) is 6.04 Å². The predicted octanol–water partition coefficient (Wildman–Crippen LogP) is 1.19. The molecule has 92 valence electrons. The Kier molecular flexibility index (Phi) is 3.04. The Morgan fingerprint density at radius 2 is 2.22 bits per heavy atom. The van der Waals surface area contributed by atoms with E-state index < -0.39 is 0 Å². The van der Waals surface area contributed by atoms with Crippen molar-refractivity contribution in [2.45, 2.75) is 19.0 Å². The molecule has 3 rings (SSSR count). The fourth-order valence-electron chi connectivity index (χ4n) is 2.06. The molecule has 0 saturated heterocycles. The van der Waals surface area contributed by atoms with Crippen LogP contribution < -0.4 is 10.6 Å². The number of rotatable bonds is 2. The molecule has 5 nitrogen and oxygen atoms in total. The van der Waals surface area contributed by atoms with E-state index >= 15 is 0 Å². The van der Waals surface area contributed by atoms with Crippen LogP contribution in [0.15, 0.2) is 29.8 Å². The van der Waals surface area contributed by atoms with Crippen LogP contribution >= 0.6 is 11.3 Å². The van der Waals surface area contributed by atoms with Gasteiger partial charge in [0.25, 0.3) is 0 Å². The zero-order chi connectivity index (χ0) is 12.4. The lowest BCUT2D eigenvalue weighted by Crippen LogP contribution is -2.44. The number of amides is 1. The number of fused-ring (bicyclic) bond motifs is 1. The monoisotopic (exact) mass is 260 g/mol. The van der Waals surface area contributed by atoms with Crippen molar-refractivity contribution in [1.29, 1.82) is 0 Å². The predicted molar refractivity (Wildman–Crippen MR) is 69.3 cm³/mol. The van der Waals surface area contributed by atoms with Crippen LogP contribution in [-0.2, 0) is 17.8 Å². The maximum absolute atomic E-state index is 12.0. The van der Waals surface area contributed by atoms with Gasteiger partial charge in [-0.15, -0.1) is 10.2 Å². The fourth-order valence-corrected chi connectivity index (χ4v) is 2.51. The van der Waals surface area contributed by atoms with Crippen molar-refractivity contribution >= 4 is 22.4 Å². The minimum Gasteiger partial charge on any atom is -0.301 e. The third-order valence-electron chi connectivity index (χ3n) is 2.99. The summed E-state index contributed by atoms with van der Waals surface area (Å²) in [7, 11) is 0. The number of nitrogens with one attached hydrogen (secondary N) is 2. The second kappa shape index (κ2) is 4.83. The van der Waals surface area contributed by atoms with E-state index in [2.05, 4.69) is 33.0 Å². The van der Waals surface area contributed by atoms with Crippen LogP contribution in [-0.4, -0.2) is 22.1 Å². The average Bonchev–Trinajstić information content (AvgIpc) is 2.91. The number of carbonyl (C=O) groups is 1. The summed E-state index contributed by atoms with van der Waals surface area (Å²) in [5.74, 6) is -0.0544. The quantitative estimate of drug-likeness (QED) is 0.851. The van der Waals surface area contributed by atoms with Crippen molar-refractivity contribution in [3.63, 3.8) is 0 Å². The van der Waals surface area contributed by atoms with Gasteiger partial charge in [0, 0.05) is 6.54 Å². The molecule has 1 aliphatic heterocycles. The molecule has 2 N–H and O–H groups in total. The molecular formula is C12H12N4OS. The van der Waals surface area contributed by atoms with Crippen LogP contribution in [0.1, 0.15) is 11.1 Å². The summed E-state index contributed by atoms with van der Waals surface area (Å²) in [4.78, 5) is 12.0. The van der Waals surface area contributed by atoms with Crippen LogP contribution in [0.3, 0.4) is 0 Å². The number of hydrogen-bond acceptors (Lipinski definition) is 5. The van der Waals surface area contributed by atoms with Gasteiger partial charge in [-0.25, -0.2) is 0 Å². The zero-order valence-corrected chi connectivity index (χ0v) is 10.4. The van der Waals surface area contributed by atoms with Crippen molar-refractivity contribution in [1.82, 2.24) is 15.5 Å². The Bertz CT molecular complexity index is 555. The second-order valence-corrected chi connectivity index (χ2v) is 4.97. The lowest BCUT2D eigenvalue weighted by Gasteiger charge is -2.24. The van der Waals surface area contributed by atoms with E-state index in [9.17, 15) is 4.79 Å². The highest BCUT2D eigenvalue weighted by Crippen LogP contribution is 2.17. The van der Waals surface area contributed by atoms with E-state index in [-0.39, 0.29) is 11.9 Å². The van der Waals surface area contributed by atoms with E-state index in [1.807, 2.05) is 12.1 Å². The molecular weight excluding hydrogens is 248 g/mol. The van der Waals surface area contributed by atoms with Crippen LogP contribution in [0.2, 0.25) is 0 Å². The molecule has 6 heteroatoms. The Labute approximate surface area is 108 Å². The average molecular weight is 260 g/mol. The summed E-state index contributed by atoms with van der Waals surface area (Å²) >= 11 is 1.32. The van der Waals surface area contributed by atoms with Gasteiger partial charge in [0.2, 0.25) is 11.0 Å². The molecule has 1 amide bonds. The van der Waals surface area contributed by atoms with Gasteiger partial charge in [0.15, 0.2) is 0 Å². The van der Waals surface area contributed by atoms with E-state index in [4.69, 9.17) is 0 Å². The zero-order valence-electron chi connectivity index (χ0n) is 9.59. The van der Waals surface area contributed by atoms with Gasteiger partial charge in [-0.1, -0.05) is 35.6 Å². The summed E-state index contributed by atoms with van der Waals surface area (Å²) in [5, 5.41) is 14.0. The van der Waals surface area contributed by atoms with Crippen molar-refractivity contribution < 1.29 is 4.79 Å². The maximum atomic E-state index is 12.0. The molecule has 0 saturated carbocycles. The summed E-state index contributed by atoms with van der Waals surface area (Å²) in [6, 6.07) is 7.97. The number of anilines is 1. The van der Waals surface area contributed by atoms with Crippen molar-refractivity contribution in [3.05, 3.63) is 40.9 Å². The number of nitrogens with zero attached hydrogens (tertiary/aromatic N) is 2. The molecule has 18 heavy (non-hydrogen) atoms. The molecule has 1 unspecified atom stereocenters. The smallest absolute Gasteiger partial charge is 0.243 e. The fraction of sp³-hybridized carbons (Fsp3) is 0.250. The number of carbonyl (C=O) groups excluding carboxylic acids is 1. The molecule has 1 atom stereocenters. The van der Waals surface area contributed by atoms with E-state index in [1.165, 1.54) is 22.5 Å². The summed E-state index contributed by atoms with van der Waals surface area (Å²) in [5.41, 5.74) is 4.09. The SMILES string of the molecule is O=C(Nc1nncs1)C1Cc2ccccc2CN1. The lowest BCUT2D eigenvalue weighted by atomic mass is 9.95. The largest absolute Gasteiger partial charge is 0.301 e. The first-order chi connectivity index (χ1) is 8.83. The summed E-state index contributed by atoms with van der Waals surface area (Å²) < 4.78 is 0. The Balaban J connectivity index is 1.70. The van der Waals surface area contributed by atoms with Crippen LogP contribution in [0.4, 0.5) is 5.13 Å². The molecule has 0 aliphatic carbocycles.